The normalized spacial score (nSPS) is 19.4. The van der Waals surface area contributed by atoms with Gasteiger partial charge in [-0.05, 0) is 12.1 Å². The Morgan fingerprint density at radius 1 is 1.50 bits per heavy atom. The van der Waals surface area contributed by atoms with Crippen molar-refractivity contribution in [1.29, 1.82) is 0 Å². The van der Waals surface area contributed by atoms with Gasteiger partial charge in [0.1, 0.15) is 5.75 Å². The number of rotatable bonds is 4. The Labute approximate surface area is 122 Å². The number of hydrogen-bond acceptors (Lipinski definition) is 4. The average molecular weight is 319 g/mol. The fourth-order valence-electron chi connectivity index (χ4n) is 2.33. The zero-order chi connectivity index (χ0) is 14.9. The van der Waals surface area contributed by atoms with Crippen LogP contribution in [-0.4, -0.2) is 33.7 Å². The lowest BCUT2D eigenvalue weighted by Gasteiger charge is -2.19. The van der Waals surface area contributed by atoms with Gasteiger partial charge < -0.3 is 9.64 Å². The monoisotopic (exact) mass is 318 g/mol. The first-order chi connectivity index (χ1) is 9.30. The minimum absolute atomic E-state index is 0.153. The number of halogens is 1. The molecule has 1 amide bonds. The summed E-state index contributed by atoms with van der Waals surface area (Å²) in [6.07, 6.45) is 0.155. The van der Waals surface area contributed by atoms with Crippen LogP contribution in [0.2, 0.25) is 5.02 Å². The molecule has 1 atom stereocenters. The number of primary sulfonamides is 1. The number of nitrogens with two attached hydrogens (primary N) is 1. The van der Waals surface area contributed by atoms with Crippen molar-refractivity contribution in [3.63, 3.8) is 0 Å². The molecule has 1 aliphatic rings. The predicted octanol–water partition coefficient (Wildman–Crippen LogP) is 0.990. The molecule has 110 valence electrons. The van der Waals surface area contributed by atoms with E-state index in [0.717, 1.165) is 0 Å². The van der Waals surface area contributed by atoms with Gasteiger partial charge in [-0.1, -0.05) is 11.6 Å². The number of nitrogens with zero attached hydrogens (tertiary/aromatic N) is 1. The topological polar surface area (TPSA) is 89.7 Å². The van der Waals surface area contributed by atoms with E-state index >= 15 is 0 Å². The van der Waals surface area contributed by atoms with Crippen molar-refractivity contribution in [3.8, 4) is 5.75 Å². The quantitative estimate of drug-likeness (QED) is 0.896. The van der Waals surface area contributed by atoms with Crippen LogP contribution in [0.25, 0.3) is 0 Å². The standard InChI is InChI=1S/C12H15ClN2O4S/c1-19-11-5-9(13)2-3-10(11)15-6-8(4-12(15)16)7-20(14,17)18/h2-3,5,8H,4,6-7H2,1H3,(H2,14,17,18). The summed E-state index contributed by atoms with van der Waals surface area (Å²) in [6.45, 7) is 0.299. The van der Waals surface area contributed by atoms with Crippen LogP contribution in [0.3, 0.4) is 0 Å². The van der Waals surface area contributed by atoms with Crippen LogP contribution in [0.15, 0.2) is 18.2 Å². The van der Waals surface area contributed by atoms with Gasteiger partial charge in [0.15, 0.2) is 0 Å². The van der Waals surface area contributed by atoms with Gasteiger partial charge in [0.05, 0.1) is 18.6 Å². The minimum Gasteiger partial charge on any atom is -0.495 e. The first-order valence-electron chi connectivity index (χ1n) is 5.94. The molecule has 1 aromatic rings. The maximum Gasteiger partial charge on any atom is 0.227 e. The van der Waals surface area contributed by atoms with Gasteiger partial charge in [-0.15, -0.1) is 0 Å². The fourth-order valence-corrected chi connectivity index (χ4v) is 3.37. The molecule has 2 rings (SSSR count). The zero-order valence-electron chi connectivity index (χ0n) is 10.9. The third-order valence-corrected chi connectivity index (χ3v) is 4.28. The largest absolute Gasteiger partial charge is 0.495 e. The van der Waals surface area contributed by atoms with E-state index in [0.29, 0.717) is 23.0 Å². The number of carbonyl (C=O) groups excluding carboxylic acids is 1. The highest BCUT2D eigenvalue weighted by Crippen LogP contribution is 2.35. The van der Waals surface area contributed by atoms with E-state index in [9.17, 15) is 13.2 Å². The van der Waals surface area contributed by atoms with Crippen molar-refractivity contribution in [2.45, 2.75) is 6.42 Å². The van der Waals surface area contributed by atoms with Crippen molar-refractivity contribution in [3.05, 3.63) is 23.2 Å². The lowest BCUT2D eigenvalue weighted by atomic mass is 10.1. The van der Waals surface area contributed by atoms with E-state index in [2.05, 4.69) is 0 Å². The van der Waals surface area contributed by atoms with Gasteiger partial charge in [0, 0.05) is 30.0 Å². The first kappa shape index (κ1) is 15.1. The summed E-state index contributed by atoms with van der Waals surface area (Å²) in [4.78, 5) is 13.5. The molecule has 1 aromatic carbocycles. The molecule has 20 heavy (non-hydrogen) atoms. The van der Waals surface area contributed by atoms with Gasteiger partial charge in [-0.25, -0.2) is 13.6 Å². The zero-order valence-corrected chi connectivity index (χ0v) is 12.4. The molecule has 6 nitrogen and oxygen atoms in total. The molecule has 1 saturated heterocycles. The van der Waals surface area contributed by atoms with Crippen molar-refractivity contribution in [1.82, 2.24) is 0 Å². The average Bonchev–Trinajstić information content (AvgIpc) is 2.67. The highest BCUT2D eigenvalue weighted by molar-refractivity contribution is 7.89. The van der Waals surface area contributed by atoms with Crippen LogP contribution in [0.4, 0.5) is 5.69 Å². The van der Waals surface area contributed by atoms with Gasteiger partial charge in [0.2, 0.25) is 15.9 Å². The van der Waals surface area contributed by atoms with E-state index in [-0.39, 0.29) is 24.0 Å². The van der Waals surface area contributed by atoms with Gasteiger partial charge >= 0.3 is 0 Å². The highest BCUT2D eigenvalue weighted by Gasteiger charge is 2.34. The summed E-state index contributed by atoms with van der Waals surface area (Å²) in [6, 6.07) is 4.94. The molecule has 1 heterocycles. The molecular formula is C12H15ClN2O4S. The smallest absolute Gasteiger partial charge is 0.227 e. The maximum atomic E-state index is 12.0. The molecule has 1 aliphatic heterocycles. The van der Waals surface area contributed by atoms with Crippen molar-refractivity contribution in [2.75, 3.05) is 24.3 Å². The number of methoxy groups -OCH3 is 1. The number of hydrogen-bond donors (Lipinski definition) is 1. The molecular weight excluding hydrogens is 304 g/mol. The lowest BCUT2D eigenvalue weighted by Crippen LogP contribution is -2.27. The summed E-state index contributed by atoms with van der Waals surface area (Å²) in [5.74, 6) is -0.190. The Bertz CT molecular complexity index is 632. The molecule has 0 aromatic heterocycles. The van der Waals surface area contributed by atoms with E-state index < -0.39 is 10.0 Å². The van der Waals surface area contributed by atoms with Crippen LogP contribution in [0, 0.1) is 5.92 Å². The molecule has 0 aliphatic carbocycles. The Balaban J connectivity index is 2.24. The Hall–Kier alpha value is -1.31. The molecule has 2 N–H and O–H groups in total. The molecule has 8 heteroatoms. The summed E-state index contributed by atoms with van der Waals surface area (Å²) < 4.78 is 27.4. The Morgan fingerprint density at radius 3 is 2.80 bits per heavy atom. The van der Waals surface area contributed by atoms with Crippen LogP contribution < -0.4 is 14.8 Å². The van der Waals surface area contributed by atoms with E-state index in [1.807, 2.05) is 0 Å². The number of benzene rings is 1. The number of amides is 1. The molecule has 1 fully saturated rings. The maximum absolute atomic E-state index is 12.0. The molecule has 0 spiro atoms. The highest BCUT2D eigenvalue weighted by atomic mass is 35.5. The summed E-state index contributed by atoms with van der Waals surface area (Å²) >= 11 is 5.88. The summed E-state index contributed by atoms with van der Waals surface area (Å²) in [7, 11) is -2.11. The number of sulfonamides is 1. The summed E-state index contributed by atoms with van der Waals surface area (Å²) in [5.41, 5.74) is 0.582. The van der Waals surface area contributed by atoms with E-state index in [4.69, 9.17) is 21.5 Å². The number of anilines is 1. The van der Waals surface area contributed by atoms with Crippen molar-refractivity contribution >= 4 is 33.2 Å². The fraction of sp³-hybridized carbons (Fsp3) is 0.417. The summed E-state index contributed by atoms with van der Waals surface area (Å²) in [5, 5.41) is 5.52. The van der Waals surface area contributed by atoms with Gasteiger partial charge in [0.25, 0.3) is 0 Å². The second kappa shape index (κ2) is 5.59. The molecule has 0 saturated carbocycles. The van der Waals surface area contributed by atoms with E-state index in [1.165, 1.54) is 12.0 Å². The van der Waals surface area contributed by atoms with E-state index in [1.54, 1.807) is 18.2 Å². The minimum atomic E-state index is -3.59. The second-order valence-corrected chi connectivity index (χ2v) is 6.82. The van der Waals surface area contributed by atoms with Crippen LogP contribution in [0.5, 0.6) is 5.75 Å². The predicted molar refractivity (Wildman–Crippen MR) is 76.4 cm³/mol. The first-order valence-corrected chi connectivity index (χ1v) is 8.04. The number of carbonyl (C=O) groups is 1. The van der Waals surface area contributed by atoms with Gasteiger partial charge in [-0.3, -0.25) is 4.79 Å². The second-order valence-electron chi connectivity index (χ2n) is 4.72. The number of ether oxygens (including phenoxy) is 1. The van der Waals surface area contributed by atoms with Crippen LogP contribution in [-0.2, 0) is 14.8 Å². The Kier molecular flexibility index (Phi) is 4.22. The molecule has 0 bridgehead atoms. The Morgan fingerprint density at radius 2 is 2.20 bits per heavy atom. The SMILES string of the molecule is COc1cc(Cl)ccc1N1CC(CS(N)(=O)=O)CC1=O. The van der Waals surface area contributed by atoms with Gasteiger partial charge in [-0.2, -0.15) is 0 Å². The van der Waals surface area contributed by atoms with Crippen molar-refractivity contribution in [2.24, 2.45) is 11.1 Å². The van der Waals surface area contributed by atoms with Crippen LogP contribution in [0.1, 0.15) is 6.42 Å². The van der Waals surface area contributed by atoms with Crippen molar-refractivity contribution < 1.29 is 17.9 Å². The third kappa shape index (κ3) is 3.41. The molecule has 1 unspecified atom stereocenters. The third-order valence-electron chi connectivity index (χ3n) is 3.11. The van der Waals surface area contributed by atoms with Crippen LogP contribution >= 0.6 is 11.6 Å². The lowest BCUT2D eigenvalue weighted by molar-refractivity contribution is -0.117. The molecule has 0 radical (unpaired) electrons.